The number of carboxylic acids is 1. The van der Waals surface area contributed by atoms with E-state index >= 15 is 0 Å². The van der Waals surface area contributed by atoms with E-state index in [1.165, 1.54) is 6.07 Å². The van der Waals surface area contributed by atoms with E-state index in [0.717, 1.165) is 5.56 Å². The lowest BCUT2D eigenvalue weighted by Crippen LogP contribution is -2.26. The van der Waals surface area contributed by atoms with Crippen molar-refractivity contribution in [3.8, 4) is 5.75 Å². The predicted molar refractivity (Wildman–Crippen MR) is 59.3 cm³/mol. The van der Waals surface area contributed by atoms with Crippen molar-refractivity contribution >= 4 is 11.7 Å². The van der Waals surface area contributed by atoms with E-state index in [9.17, 15) is 9.90 Å². The summed E-state index contributed by atoms with van der Waals surface area (Å²) < 4.78 is 5.07. The maximum atomic E-state index is 10.8. The average Bonchev–Trinajstić information content (AvgIpc) is 2.22. The Morgan fingerprint density at radius 1 is 1.56 bits per heavy atom. The fourth-order valence-corrected chi connectivity index (χ4v) is 1.36. The number of rotatable bonds is 5. The Bertz CT molecular complexity index is 378. The zero-order chi connectivity index (χ0) is 12.1. The number of phenols is 1. The van der Waals surface area contributed by atoms with Crippen molar-refractivity contribution in [3.63, 3.8) is 0 Å². The fourth-order valence-electron chi connectivity index (χ4n) is 1.36. The number of aromatic hydroxyl groups is 1. The topological polar surface area (TPSA) is 92.8 Å². The van der Waals surface area contributed by atoms with Gasteiger partial charge in [0, 0.05) is 13.0 Å². The molecule has 0 radical (unpaired) electrons. The van der Waals surface area contributed by atoms with Gasteiger partial charge in [-0.15, -0.1) is 0 Å². The minimum absolute atomic E-state index is 0.00738. The van der Waals surface area contributed by atoms with Crippen LogP contribution in [0.5, 0.6) is 5.75 Å². The Kier molecular flexibility index (Phi) is 4.13. The van der Waals surface area contributed by atoms with Crippen molar-refractivity contribution in [2.75, 3.05) is 12.3 Å². The van der Waals surface area contributed by atoms with Crippen molar-refractivity contribution < 1.29 is 19.7 Å². The molecular formula is C11H15NO4. The monoisotopic (exact) mass is 225 g/mol. The highest BCUT2D eigenvalue weighted by Gasteiger charge is 2.18. The van der Waals surface area contributed by atoms with Crippen LogP contribution in [0.4, 0.5) is 5.69 Å². The molecule has 0 fully saturated rings. The summed E-state index contributed by atoms with van der Waals surface area (Å²) in [6.45, 7) is 2.08. The van der Waals surface area contributed by atoms with Crippen molar-refractivity contribution in [2.45, 2.75) is 19.4 Å². The second-order valence-corrected chi connectivity index (χ2v) is 3.38. The Morgan fingerprint density at radius 3 is 2.75 bits per heavy atom. The number of phenolic OH excluding ortho intramolecular Hbond substituents is 1. The molecule has 0 saturated carbocycles. The van der Waals surface area contributed by atoms with Crippen molar-refractivity contribution in [3.05, 3.63) is 23.8 Å². The number of ether oxygens (including phenoxy) is 1. The summed E-state index contributed by atoms with van der Waals surface area (Å²) in [5, 5.41) is 18.1. The normalized spacial score (nSPS) is 12.3. The van der Waals surface area contributed by atoms with Gasteiger partial charge in [-0.05, 0) is 24.6 Å². The smallest absolute Gasteiger partial charge is 0.333 e. The van der Waals surface area contributed by atoms with Crippen molar-refractivity contribution in [1.29, 1.82) is 0 Å². The quantitative estimate of drug-likeness (QED) is 0.513. The largest absolute Gasteiger partial charge is 0.506 e. The molecule has 0 aliphatic rings. The molecule has 1 unspecified atom stereocenters. The van der Waals surface area contributed by atoms with E-state index in [2.05, 4.69) is 0 Å². The van der Waals surface area contributed by atoms with Crippen LogP contribution < -0.4 is 5.73 Å². The first-order chi connectivity index (χ1) is 7.54. The highest BCUT2D eigenvalue weighted by molar-refractivity contribution is 5.73. The molecule has 0 spiro atoms. The minimum Gasteiger partial charge on any atom is -0.506 e. The lowest BCUT2D eigenvalue weighted by atomic mass is 10.1. The zero-order valence-electron chi connectivity index (χ0n) is 9.01. The molecule has 0 aliphatic carbocycles. The van der Waals surface area contributed by atoms with Gasteiger partial charge in [0.05, 0.1) is 5.69 Å². The Labute approximate surface area is 93.5 Å². The summed E-state index contributed by atoms with van der Waals surface area (Å²) >= 11 is 0. The lowest BCUT2D eigenvalue weighted by Gasteiger charge is -2.12. The van der Waals surface area contributed by atoms with Gasteiger partial charge in [0.2, 0.25) is 0 Å². The van der Waals surface area contributed by atoms with Crippen molar-refractivity contribution in [1.82, 2.24) is 0 Å². The zero-order valence-corrected chi connectivity index (χ0v) is 9.01. The molecule has 1 aromatic rings. The molecule has 0 saturated heterocycles. The Balaban J connectivity index is 2.77. The van der Waals surface area contributed by atoms with E-state index in [1.54, 1.807) is 19.1 Å². The number of benzene rings is 1. The molecule has 1 rings (SSSR count). The van der Waals surface area contributed by atoms with Gasteiger partial charge in [-0.1, -0.05) is 6.07 Å². The van der Waals surface area contributed by atoms with Crippen LogP contribution in [0.1, 0.15) is 12.5 Å². The maximum Gasteiger partial charge on any atom is 0.333 e. The summed E-state index contributed by atoms with van der Waals surface area (Å²) in [4.78, 5) is 10.8. The van der Waals surface area contributed by atoms with Gasteiger partial charge in [0.15, 0.2) is 6.10 Å². The molecular weight excluding hydrogens is 210 g/mol. The summed E-state index contributed by atoms with van der Waals surface area (Å²) in [5.41, 5.74) is 6.46. The van der Waals surface area contributed by atoms with Crippen LogP contribution in [0.25, 0.3) is 0 Å². The number of carbonyl (C=O) groups is 1. The first kappa shape index (κ1) is 12.3. The highest BCUT2D eigenvalue weighted by atomic mass is 16.5. The van der Waals surface area contributed by atoms with Gasteiger partial charge in [-0.25, -0.2) is 4.79 Å². The number of carboxylic acid groups (broad SMARTS) is 1. The Morgan fingerprint density at radius 2 is 2.25 bits per heavy atom. The van der Waals surface area contributed by atoms with E-state index in [-0.39, 0.29) is 17.9 Å². The van der Waals surface area contributed by atoms with Gasteiger partial charge in [0.25, 0.3) is 0 Å². The van der Waals surface area contributed by atoms with E-state index in [0.29, 0.717) is 6.61 Å². The lowest BCUT2D eigenvalue weighted by molar-refractivity contribution is -0.149. The molecule has 1 atom stereocenters. The summed E-state index contributed by atoms with van der Waals surface area (Å²) in [6.07, 6.45) is -0.651. The standard InChI is InChI=1S/C11H15NO4/c1-2-16-10(11(14)15)6-7-3-4-9(13)8(12)5-7/h3-5,10,13H,2,6,12H2,1H3,(H,14,15). The molecule has 0 aliphatic heterocycles. The molecule has 4 N–H and O–H groups in total. The number of anilines is 1. The number of aliphatic carboxylic acids is 1. The van der Waals surface area contributed by atoms with Crippen LogP contribution in [-0.2, 0) is 16.0 Å². The highest BCUT2D eigenvalue weighted by Crippen LogP contribution is 2.21. The van der Waals surface area contributed by atoms with Crippen LogP contribution in [0, 0.1) is 0 Å². The van der Waals surface area contributed by atoms with Crippen LogP contribution in [0.3, 0.4) is 0 Å². The van der Waals surface area contributed by atoms with Gasteiger partial charge in [-0.2, -0.15) is 0 Å². The molecule has 0 amide bonds. The predicted octanol–water partition coefficient (Wildman–Crippen LogP) is 1.01. The molecule has 16 heavy (non-hydrogen) atoms. The average molecular weight is 225 g/mol. The first-order valence-electron chi connectivity index (χ1n) is 4.96. The van der Waals surface area contributed by atoms with Crippen molar-refractivity contribution in [2.24, 2.45) is 0 Å². The van der Waals surface area contributed by atoms with Crippen LogP contribution in [0.2, 0.25) is 0 Å². The summed E-state index contributed by atoms with van der Waals surface area (Å²) in [6, 6.07) is 4.61. The third kappa shape index (κ3) is 3.13. The van der Waals surface area contributed by atoms with Gasteiger partial charge < -0.3 is 20.7 Å². The van der Waals surface area contributed by atoms with Gasteiger partial charge >= 0.3 is 5.97 Å². The number of nitrogens with two attached hydrogens (primary N) is 1. The van der Waals surface area contributed by atoms with E-state index in [1.807, 2.05) is 0 Å². The third-order valence-corrected chi connectivity index (χ3v) is 2.16. The summed E-state index contributed by atoms with van der Waals surface area (Å²) in [5.74, 6) is -1.01. The molecule has 5 heteroatoms. The molecule has 5 nitrogen and oxygen atoms in total. The molecule has 88 valence electrons. The molecule has 0 heterocycles. The minimum atomic E-state index is -1.01. The second kappa shape index (κ2) is 5.37. The number of nitrogen functional groups attached to an aromatic ring is 1. The summed E-state index contributed by atoms with van der Waals surface area (Å²) in [7, 11) is 0. The number of hydrogen-bond acceptors (Lipinski definition) is 4. The van der Waals surface area contributed by atoms with Gasteiger partial charge in [-0.3, -0.25) is 0 Å². The van der Waals surface area contributed by atoms with Crippen LogP contribution in [0.15, 0.2) is 18.2 Å². The molecule has 0 aromatic heterocycles. The maximum absolute atomic E-state index is 10.8. The Hall–Kier alpha value is -1.75. The van der Waals surface area contributed by atoms with E-state index < -0.39 is 12.1 Å². The fraction of sp³-hybridized carbons (Fsp3) is 0.364. The first-order valence-corrected chi connectivity index (χ1v) is 4.96. The van der Waals surface area contributed by atoms with Crippen LogP contribution in [-0.4, -0.2) is 28.9 Å². The third-order valence-electron chi connectivity index (χ3n) is 2.16. The van der Waals surface area contributed by atoms with Gasteiger partial charge in [0.1, 0.15) is 5.75 Å². The molecule has 1 aromatic carbocycles. The number of hydrogen-bond donors (Lipinski definition) is 3. The molecule has 0 bridgehead atoms. The second-order valence-electron chi connectivity index (χ2n) is 3.38. The van der Waals surface area contributed by atoms with E-state index in [4.69, 9.17) is 15.6 Å². The van der Waals surface area contributed by atoms with Crippen LogP contribution >= 0.6 is 0 Å². The SMILES string of the molecule is CCOC(Cc1ccc(O)c(N)c1)C(=O)O.